The standard InChI is InChI=1S/C9H14N4O3/c10-9(11)13-12-4-8(16)5-1-2-6(14)7(15)3-5/h1-3,8,12,14-16H,4H2,(H4,10,11,13). The smallest absolute Gasteiger partial charge is 0.208 e. The Bertz CT molecular complexity index is 390. The third-order valence-corrected chi connectivity index (χ3v) is 1.88. The van der Waals surface area contributed by atoms with E-state index in [1.54, 1.807) is 0 Å². The van der Waals surface area contributed by atoms with Crippen LogP contribution in [0.2, 0.25) is 0 Å². The Hall–Kier alpha value is -2.15. The Morgan fingerprint density at radius 1 is 1.31 bits per heavy atom. The Kier molecular flexibility index (Phi) is 3.78. The first-order valence-electron chi connectivity index (χ1n) is 4.52. The molecule has 1 aromatic rings. The van der Waals surface area contributed by atoms with E-state index in [0.717, 1.165) is 0 Å². The molecule has 0 heterocycles. The number of nitrogens with two attached hydrogens (primary N) is 2. The highest BCUT2D eigenvalue weighted by Crippen LogP contribution is 2.27. The van der Waals surface area contributed by atoms with Crippen molar-refractivity contribution < 1.29 is 15.3 Å². The highest BCUT2D eigenvalue weighted by Gasteiger charge is 2.09. The van der Waals surface area contributed by atoms with Crippen molar-refractivity contribution in [3.8, 4) is 11.5 Å². The Labute approximate surface area is 92.0 Å². The lowest BCUT2D eigenvalue weighted by Gasteiger charge is -2.11. The minimum atomic E-state index is -0.894. The van der Waals surface area contributed by atoms with Crippen LogP contribution in [-0.2, 0) is 0 Å². The lowest BCUT2D eigenvalue weighted by Crippen LogP contribution is -2.28. The maximum absolute atomic E-state index is 9.64. The molecular weight excluding hydrogens is 212 g/mol. The summed E-state index contributed by atoms with van der Waals surface area (Å²) in [5.41, 5.74) is 13.0. The largest absolute Gasteiger partial charge is 0.504 e. The third-order valence-electron chi connectivity index (χ3n) is 1.88. The zero-order valence-electron chi connectivity index (χ0n) is 8.46. The summed E-state index contributed by atoms with van der Waals surface area (Å²) in [6.45, 7) is 0.0854. The zero-order chi connectivity index (χ0) is 12.1. The van der Waals surface area contributed by atoms with Crippen LogP contribution < -0.4 is 16.9 Å². The zero-order valence-corrected chi connectivity index (χ0v) is 8.46. The number of hydrogen-bond acceptors (Lipinski definition) is 5. The summed E-state index contributed by atoms with van der Waals surface area (Å²) in [6.07, 6.45) is -0.894. The Balaban J connectivity index is 2.62. The van der Waals surface area contributed by atoms with Gasteiger partial charge in [-0.15, -0.1) is 5.10 Å². The first-order chi connectivity index (χ1) is 7.50. The summed E-state index contributed by atoms with van der Waals surface area (Å²) in [4.78, 5) is 0. The molecule has 0 saturated carbocycles. The number of phenols is 2. The molecule has 0 radical (unpaired) electrons. The fraction of sp³-hybridized carbons (Fsp3) is 0.222. The minimum Gasteiger partial charge on any atom is -0.504 e. The molecule has 1 rings (SSSR count). The number of aliphatic hydroxyl groups excluding tert-OH is 1. The molecule has 88 valence electrons. The number of hydrazone groups is 1. The van der Waals surface area contributed by atoms with Crippen molar-refractivity contribution in [2.45, 2.75) is 6.10 Å². The van der Waals surface area contributed by atoms with Crippen molar-refractivity contribution in [1.82, 2.24) is 5.43 Å². The van der Waals surface area contributed by atoms with E-state index < -0.39 is 6.10 Å². The fourth-order valence-electron chi connectivity index (χ4n) is 1.09. The Morgan fingerprint density at radius 3 is 2.56 bits per heavy atom. The molecule has 0 fully saturated rings. The molecule has 0 saturated heterocycles. The van der Waals surface area contributed by atoms with Crippen LogP contribution in [0.1, 0.15) is 11.7 Å². The highest BCUT2D eigenvalue weighted by atomic mass is 16.3. The molecular formula is C9H14N4O3. The van der Waals surface area contributed by atoms with Gasteiger partial charge < -0.3 is 32.2 Å². The van der Waals surface area contributed by atoms with Gasteiger partial charge in [-0.25, -0.2) is 0 Å². The lowest BCUT2D eigenvalue weighted by molar-refractivity contribution is 0.175. The number of nitrogens with zero attached hydrogens (tertiary/aromatic N) is 1. The van der Waals surface area contributed by atoms with Gasteiger partial charge in [0.15, 0.2) is 11.5 Å². The molecule has 0 spiro atoms. The average molecular weight is 226 g/mol. The molecule has 1 unspecified atom stereocenters. The van der Waals surface area contributed by atoms with E-state index in [2.05, 4.69) is 10.5 Å². The quantitative estimate of drug-likeness (QED) is 0.167. The van der Waals surface area contributed by atoms with E-state index in [1.165, 1.54) is 18.2 Å². The van der Waals surface area contributed by atoms with Gasteiger partial charge >= 0.3 is 0 Å². The minimum absolute atomic E-state index is 0.0854. The van der Waals surface area contributed by atoms with E-state index in [1.807, 2.05) is 0 Å². The SMILES string of the molecule is NC(N)=NNCC(O)c1ccc(O)c(O)c1. The van der Waals surface area contributed by atoms with Crippen LogP contribution in [0.3, 0.4) is 0 Å². The fourth-order valence-corrected chi connectivity index (χ4v) is 1.09. The van der Waals surface area contributed by atoms with Crippen LogP contribution in [0.25, 0.3) is 0 Å². The van der Waals surface area contributed by atoms with Crippen molar-refractivity contribution in [1.29, 1.82) is 0 Å². The molecule has 0 bridgehead atoms. The number of aliphatic hydroxyl groups is 1. The van der Waals surface area contributed by atoms with Crippen molar-refractivity contribution >= 4 is 5.96 Å². The van der Waals surface area contributed by atoms with Gasteiger partial charge in [-0.3, -0.25) is 0 Å². The predicted molar refractivity (Wildman–Crippen MR) is 58.5 cm³/mol. The third kappa shape index (κ3) is 3.21. The number of guanidine groups is 1. The van der Waals surface area contributed by atoms with Crippen LogP contribution in [0.15, 0.2) is 23.3 Å². The first kappa shape index (κ1) is 11.9. The average Bonchev–Trinajstić information content (AvgIpc) is 2.21. The van der Waals surface area contributed by atoms with Crippen molar-refractivity contribution in [3.05, 3.63) is 23.8 Å². The van der Waals surface area contributed by atoms with E-state index in [9.17, 15) is 10.2 Å². The maximum Gasteiger partial charge on any atom is 0.208 e. The lowest BCUT2D eigenvalue weighted by atomic mass is 10.1. The molecule has 1 aromatic carbocycles. The van der Waals surface area contributed by atoms with Gasteiger partial charge in [0.05, 0.1) is 12.6 Å². The number of rotatable bonds is 4. The number of phenolic OH excluding ortho intramolecular Hbond substituents is 2. The predicted octanol–water partition coefficient (Wildman–Crippen LogP) is -1.09. The summed E-state index contributed by atoms with van der Waals surface area (Å²) in [6, 6.07) is 4.03. The van der Waals surface area contributed by atoms with Gasteiger partial charge in [0.2, 0.25) is 5.96 Å². The Morgan fingerprint density at radius 2 is 2.00 bits per heavy atom. The highest BCUT2D eigenvalue weighted by molar-refractivity contribution is 5.75. The number of hydrogen-bond donors (Lipinski definition) is 6. The van der Waals surface area contributed by atoms with E-state index >= 15 is 0 Å². The molecule has 8 N–H and O–H groups in total. The number of nitrogens with one attached hydrogen (secondary N) is 1. The van der Waals surface area contributed by atoms with Gasteiger partial charge in [-0.1, -0.05) is 6.07 Å². The van der Waals surface area contributed by atoms with Gasteiger partial charge in [-0.05, 0) is 17.7 Å². The summed E-state index contributed by atoms with van der Waals surface area (Å²) in [5, 5.41) is 31.4. The molecule has 1 atom stereocenters. The molecule has 0 amide bonds. The topological polar surface area (TPSA) is 137 Å². The molecule has 0 aliphatic rings. The van der Waals surface area contributed by atoms with E-state index in [-0.39, 0.29) is 24.0 Å². The summed E-state index contributed by atoms with van der Waals surface area (Å²) < 4.78 is 0. The van der Waals surface area contributed by atoms with Gasteiger partial charge in [0, 0.05) is 0 Å². The second kappa shape index (κ2) is 5.08. The summed E-state index contributed by atoms with van der Waals surface area (Å²) in [5.74, 6) is -0.674. The van der Waals surface area contributed by atoms with Crippen molar-refractivity contribution in [2.24, 2.45) is 16.6 Å². The first-order valence-corrected chi connectivity index (χ1v) is 4.52. The van der Waals surface area contributed by atoms with E-state index in [0.29, 0.717) is 5.56 Å². The molecule has 7 heteroatoms. The van der Waals surface area contributed by atoms with Gasteiger partial charge in [-0.2, -0.15) is 0 Å². The monoisotopic (exact) mass is 226 g/mol. The number of benzene rings is 1. The molecule has 0 aliphatic heterocycles. The van der Waals surface area contributed by atoms with Crippen LogP contribution >= 0.6 is 0 Å². The van der Waals surface area contributed by atoms with Crippen LogP contribution in [-0.4, -0.2) is 27.8 Å². The van der Waals surface area contributed by atoms with Gasteiger partial charge in [0.1, 0.15) is 0 Å². The summed E-state index contributed by atoms with van der Waals surface area (Å²) >= 11 is 0. The normalized spacial score (nSPS) is 11.8. The second-order valence-electron chi connectivity index (χ2n) is 3.16. The van der Waals surface area contributed by atoms with Gasteiger partial charge in [0.25, 0.3) is 0 Å². The molecule has 7 nitrogen and oxygen atoms in total. The van der Waals surface area contributed by atoms with Crippen LogP contribution in [0.5, 0.6) is 11.5 Å². The number of aromatic hydroxyl groups is 2. The van der Waals surface area contributed by atoms with Crippen LogP contribution in [0.4, 0.5) is 0 Å². The summed E-state index contributed by atoms with van der Waals surface area (Å²) in [7, 11) is 0. The van der Waals surface area contributed by atoms with E-state index in [4.69, 9.17) is 16.6 Å². The molecule has 0 aromatic heterocycles. The maximum atomic E-state index is 9.64. The molecule has 0 aliphatic carbocycles. The van der Waals surface area contributed by atoms with Crippen LogP contribution in [0, 0.1) is 0 Å². The second-order valence-corrected chi connectivity index (χ2v) is 3.16. The molecule has 16 heavy (non-hydrogen) atoms. The van der Waals surface area contributed by atoms with Crippen molar-refractivity contribution in [2.75, 3.05) is 6.54 Å². The van der Waals surface area contributed by atoms with Crippen molar-refractivity contribution in [3.63, 3.8) is 0 Å².